The zero-order valence-electron chi connectivity index (χ0n) is 8.25. The number of halogens is 3. The molecule has 0 amide bonds. The lowest BCUT2D eigenvalue weighted by Crippen LogP contribution is -2.30. The second-order valence-corrected chi connectivity index (χ2v) is 3.62. The molecule has 0 unspecified atom stereocenters. The molecule has 16 heavy (non-hydrogen) atoms. The van der Waals surface area contributed by atoms with Crippen molar-refractivity contribution in [1.29, 1.82) is 0 Å². The van der Waals surface area contributed by atoms with E-state index in [1.807, 2.05) is 0 Å². The minimum atomic E-state index is -4.57. The van der Waals surface area contributed by atoms with E-state index in [1.165, 1.54) is 6.20 Å². The third-order valence-electron chi connectivity index (χ3n) is 2.47. The van der Waals surface area contributed by atoms with Crippen LogP contribution in [0, 0.1) is 0 Å². The fourth-order valence-electron chi connectivity index (χ4n) is 1.62. The molecule has 2 rings (SSSR count). The molecule has 1 heterocycles. The Bertz CT molecular complexity index is 489. The first-order chi connectivity index (χ1) is 7.48. The number of aliphatic hydroxyl groups is 1. The molecular weight excluding hydrogens is 219 g/mol. The normalized spacial score (nSPS) is 14.2. The number of para-hydroxylation sites is 1. The molecule has 86 valence electrons. The van der Waals surface area contributed by atoms with Crippen LogP contribution >= 0.6 is 0 Å². The van der Waals surface area contributed by atoms with Crippen molar-refractivity contribution in [3.05, 3.63) is 36.0 Å². The molecule has 0 aliphatic rings. The van der Waals surface area contributed by atoms with Crippen molar-refractivity contribution in [2.24, 2.45) is 0 Å². The molecule has 0 spiro atoms. The number of hydrogen-bond acceptors (Lipinski definition) is 1. The highest BCUT2D eigenvalue weighted by Crippen LogP contribution is 2.26. The summed E-state index contributed by atoms with van der Waals surface area (Å²) in [5.74, 6) is 0. The van der Waals surface area contributed by atoms with E-state index in [-0.39, 0.29) is 0 Å². The summed E-state index contributed by atoms with van der Waals surface area (Å²) in [6, 6.07) is 7.05. The Morgan fingerprint density at radius 2 is 1.94 bits per heavy atom. The molecule has 0 saturated carbocycles. The highest BCUT2D eigenvalue weighted by atomic mass is 19.4. The van der Waals surface area contributed by atoms with Crippen molar-refractivity contribution in [2.75, 3.05) is 0 Å². The molecule has 2 aromatic rings. The molecule has 1 atom stereocenters. The van der Waals surface area contributed by atoms with E-state index in [0.717, 1.165) is 5.52 Å². The van der Waals surface area contributed by atoms with Crippen LogP contribution in [0.25, 0.3) is 10.9 Å². The Kier molecular flexibility index (Phi) is 2.63. The number of nitrogens with one attached hydrogen (secondary N) is 1. The maximum atomic E-state index is 12.2. The predicted molar refractivity (Wildman–Crippen MR) is 54.1 cm³/mol. The summed E-state index contributed by atoms with van der Waals surface area (Å²) in [5.41, 5.74) is 1.24. The second-order valence-electron chi connectivity index (χ2n) is 3.62. The molecule has 0 bridgehead atoms. The van der Waals surface area contributed by atoms with Crippen LogP contribution in [-0.4, -0.2) is 22.4 Å². The fraction of sp³-hybridized carbons (Fsp3) is 0.273. The summed E-state index contributed by atoms with van der Waals surface area (Å²) in [5, 5.41) is 9.69. The minimum Gasteiger partial charge on any atom is -0.383 e. The lowest BCUT2D eigenvalue weighted by Gasteiger charge is -2.13. The maximum absolute atomic E-state index is 12.2. The highest BCUT2D eigenvalue weighted by Gasteiger charge is 2.38. The van der Waals surface area contributed by atoms with Crippen LogP contribution in [0.15, 0.2) is 30.5 Å². The number of hydrogen-bond donors (Lipinski definition) is 2. The number of aliphatic hydroxyl groups excluding tert-OH is 1. The van der Waals surface area contributed by atoms with Gasteiger partial charge in [-0.25, -0.2) is 0 Å². The number of benzene rings is 1. The fourth-order valence-corrected chi connectivity index (χ4v) is 1.62. The van der Waals surface area contributed by atoms with Gasteiger partial charge >= 0.3 is 6.18 Å². The van der Waals surface area contributed by atoms with Gasteiger partial charge in [0.2, 0.25) is 0 Å². The van der Waals surface area contributed by atoms with Gasteiger partial charge in [-0.05, 0) is 11.6 Å². The number of fused-ring (bicyclic) bond motifs is 1. The smallest absolute Gasteiger partial charge is 0.383 e. The van der Waals surface area contributed by atoms with Gasteiger partial charge in [0.1, 0.15) is 0 Å². The van der Waals surface area contributed by atoms with Gasteiger partial charge in [0.25, 0.3) is 0 Å². The predicted octanol–water partition coefficient (Wildman–Crippen LogP) is 2.63. The van der Waals surface area contributed by atoms with E-state index in [1.54, 1.807) is 24.3 Å². The lowest BCUT2D eigenvalue weighted by molar-refractivity contribution is -0.202. The van der Waals surface area contributed by atoms with Crippen molar-refractivity contribution in [1.82, 2.24) is 4.98 Å². The molecule has 2 nitrogen and oxygen atoms in total. The van der Waals surface area contributed by atoms with Crippen LogP contribution in [0.4, 0.5) is 13.2 Å². The number of rotatable bonds is 2. The van der Waals surface area contributed by atoms with E-state index < -0.39 is 18.7 Å². The van der Waals surface area contributed by atoms with E-state index in [2.05, 4.69) is 4.98 Å². The SMILES string of the molecule is O[C@@H](Cc1c[nH]c2ccccc12)C(F)(F)F. The van der Waals surface area contributed by atoms with Crippen molar-refractivity contribution in [3.63, 3.8) is 0 Å². The number of aromatic amines is 1. The molecule has 2 N–H and O–H groups in total. The first kappa shape index (κ1) is 11.0. The van der Waals surface area contributed by atoms with Crippen LogP contribution in [-0.2, 0) is 6.42 Å². The minimum absolute atomic E-state index is 0.423. The Balaban J connectivity index is 2.28. The zero-order valence-corrected chi connectivity index (χ0v) is 8.25. The molecule has 0 aliphatic carbocycles. The summed E-state index contributed by atoms with van der Waals surface area (Å²) in [4.78, 5) is 2.87. The van der Waals surface area contributed by atoms with Crippen LogP contribution in [0.3, 0.4) is 0 Å². The molecule has 0 saturated heterocycles. The Labute approximate surface area is 89.7 Å². The van der Waals surface area contributed by atoms with Crippen molar-refractivity contribution in [3.8, 4) is 0 Å². The van der Waals surface area contributed by atoms with Gasteiger partial charge in [-0.2, -0.15) is 13.2 Å². The average Bonchev–Trinajstić information content (AvgIpc) is 2.61. The Morgan fingerprint density at radius 1 is 1.25 bits per heavy atom. The molecule has 5 heteroatoms. The van der Waals surface area contributed by atoms with E-state index in [9.17, 15) is 13.2 Å². The highest BCUT2D eigenvalue weighted by molar-refractivity contribution is 5.83. The van der Waals surface area contributed by atoms with Crippen LogP contribution in [0.5, 0.6) is 0 Å². The van der Waals surface area contributed by atoms with Gasteiger partial charge in [-0.1, -0.05) is 18.2 Å². The molecule has 0 aliphatic heterocycles. The number of H-pyrrole nitrogens is 1. The van der Waals surface area contributed by atoms with E-state index >= 15 is 0 Å². The van der Waals surface area contributed by atoms with Gasteiger partial charge in [-0.15, -0.1) is 0 Å². The Morgan fingerprint density at radius 3 is 2.62 bits per heavy atom. The Hall–Kier alpha value is -1.49. The van der Waals surface area contributed by atoms with E-state index in [4.69, 9.17) is 5.11 Å². The molecule has 1 aromatic heterocycles. The van der Waals surface area contributed by atoms with Crippen LogP contribution < -0.4 is 0 Å². The first-order valence-electron chi connectivity index (χ1n) is 4.78. The zero-order chi connectivity index (χ0) is 11.8. The van der Waals surface area contributed by atoms with Crippen molar-refractivity contribution >= 4 is 10.9 Å². The van der Waals surface area contributed by atoms with Gasteiger partial charge in [0.15, 0.2) is 6.10 Å². The summed E-state index contributed by atoms with van der Waals surface area (Å²) in [6.45, 7) is 0. The monoisotopic (exact) mass is 229 g/mol. The summed E-state index contributed by atoms with van der Waals surface area (Å²) in [6.07, 6.45) is -5.81. The first-order valence-corrected chi connectivity index (χ1v) is 4.78. The number of alkyl halides is 3. The molecule has 0 radical (unpaired) electrons. The van der Waals surface area contributed by atoms with Crippen molar-refractivity contribution in [2.45, 2.75) is 18.7 Å². The topological polar surface area (TPSA) is 36.0 Å². The van der Waals surface area contributed by atoms with E-state index in [0.29, 0.717) is 10.9 Å². The lowest BCUT2D eigenvalue weighted by atomic mass is 10.1. The van der Waals surface area contributed by atoms with Gasteiger partial charge < -0.3 is 10.1 Å². The quantitative estimate of drug-likeness (QED) is 0.815. The summed E-state index contributed by atoms with van der Waals surface area (Å²) >= 11 is 0. The second kappa shape index (κ2) is 3.83. The van der Waals surface area contributed by atoms with Crippen LogP contribution in [0.1, 0.15) is 5.56 Å². The molecule has 1 aromatic carbocycles. The average molecular weight is 229 g/mol. The largest absolute Gasteiger partial charge is 0.414 e. The van der Waals surface area contributed by atoms with Gasteiger partial charge in [0, 0.05) is 23.5 Å². The number of aromatic nitrogens is 1. The summed E-state index contributed by atoms with van der Waals surface area (Å²) < 4.78 is 36.5. The third-order valence-corrected chi connectivity index (χ3v) is 2.47. The molecule has 0 fully saturated rings. The van der Waals surface area contributed by atoms with Gasteiger partial charge in [0.05, 0.1) is 0 Å². The van der Waals surface area contributed by atoms with Gasteiger partial charge in [-0.3, -0.25) is 0 Å². The maximum Gasteiger partial charge on any atom is 0.414 e. The third kappa shape index (κ3) is 2.04. The standard InChI is InChI=1S/C11H10F3NO/c12-11(13,14)10(16)5-7-6-15-9-4-2-1-3-8(7)9/h1-4,6,10,15-16H,5H2/t10-/m0/s1. The van der Waals surface area contributed by atoms with Crippen LogP contribution in [0.2, 0.25) is 0 Å². The molecular formula is C11H10F3NO. The van der Waals surface area contributed by atoms with Crippen molar-refractivity contribution < 1.29 is 18.3 Å². The summed E-state index contributed by atoms with van der Waals surface area (Å²) in [7, 11) is 0.